The number of aryl methyl sites for hydroxylation is 1. The molecule has 1 aromatic heterocycles. The molecule has 0 saturated heterocycles. The van der Waals surface area contributed by atoms with Crippen molar-refractivity contribution in [2.45, 2.75) is 22.5 Å². The number of carbonyl (C=O) groups excluding carboxylic acids is 1. The van der Waals surface area contributed by atoms with E-state index in [0.717, 1.165) is 5.56 Å². The Balaban J connectivity index is 2.21. The molecular formula is C14H15Cl3N6O3S. The summed E-state index contributed by atoms with van der Waals surface area (Å²) in [5, 5.41) is 4.97. The fraction of sp³-hybridized carbons (Fsp3) is 0.286. The van der Waals surface area contributed by atoms with Gasteiger partial charge in [0.25, 0.3) is 10.0 Å². The van der Waals surface area contributed by atoms with Crippen molar-refractivity contribution in [2.24, 2.45) is 0 Å². The third-order valence-corrected chi connectivity index (χ3v) is 4.86. The van der Waals surface area contributed by atoms with Crippen molar-refractivity contribution in [3.05, 3.63) is 35.7 Å². The number of amides is 2. The molecule has 0 aliphatic rings. The maximum absolute atomic E-state index is 12.2. The van der Waals surface area contributed by atoms with Crippen LogP contribution in [-0.4, -0.2) is 35.9 Å². The van der Waals surface area contributed by atoms with E-state index in [1.165, 1.54) is 12.1 Å². The molecule has 1 heterocycles. The summed E-state index contributed by atoms with van der Waals surface area (Å²) in [7, 11) is -4.08. The highest BCUT2D eigenvalue weighted by Crippen LogP contribution is 2.36. The monoisotopic (exact) mass is 452 g/mol. The number of aromatic nitrogens is 3. The average Bonchev–Trinajstić information content (AvgIpc) is 2.53. The second-order valence-electron chi connectivity index (χ2n) is 5.21. The predicted octanol–water partition coefficient (Wildman–Crippen LogP) is 2.95. The summed E-state index contributed by atoms with van der Waals surface area (Å²) in [6.07, 6.45) is 0. The molecular weight excluding hydrogens is 439 g/mol. The zero-order valence-corrected chi connectivity index (χ0v) is 17.2. The van der Waals surface area contributed by atoms with Gasteiger partial charge < -0.3 is 5.32 Å². The van der Waals surface area contributed by atoms with Gasteiger partial charge in [-0.2, -0.15) is 15.0 Å². The molecule has 0 saturated carbocycles. The van der Waals surface area contributed by atoms with Gasteiger partial charge in [0.1, 0.15) is 0 Å². The van der Waals surface area contributed by atoms with Gasteiger partial charge in [-0.05, 0) is 26.0 Å². The van der Waals surface area contributed by atoms with E-state index < -0.39 is 19.8 Å². The number of nitrogens with zero attached hydrogens (tertiary/aromatic N) is 3. The number of anilines is 2. The second-order valence-corrected chi connectivity index (χ2v) is 9.17. The van der Waals surface area contributed by atoms with E-state index in [1.54, 1.807) is 19.1 Å². The molecule has 146 valence electrons. The molecule has 0 aliphatic heterocycles. The SMILES string of the molecule is CCNc1nc(NC(=O)NS(=O)(=O)c2ccc(C)cc2)nc(C(Cl)(Cl)Cl)n1. The van der Waals surface area contributed by atoms with Crippen LogP contribution in [0.3, 0.4) is 0 Å². The van der Waals surface area contributed by atoms with Crippen LogP contribution in [0.25, 0.3) is 0 Å². The molecule has 0 atom stereocenters. The molecule has 0 spiro atoms. The number of nitrogens with one attached hydrogen (secondary N) is 3. The number of benzene rings is 1. The molecule has 0 radical (unpaired) electrons. The minimum atomic E-state index is -4.08. The summed E-state index contributed by atoms with van der Waals surface area (Å²) < 4.78 is 24.4. The number of alkyl halides is 3. The quantitative estimate of drug-likeness (QED) is 0.594. The Bertz CT molecular complexity index is 932. The molecule has 2 aromatic rings. The summed E-state index contributed by atoms with van der Waals surface area (Å²) in [6, 6.07) is 4.87. The van der Waals surface area contributed by atoms with Crippen molar-refractivity contribution in [3.63, 3.8) is 0 Å². The van der Waals surface area contributed by atoms with Crippen molar-refractivity contribution in [3.8, 4) is 0 Å². The van der Waals surface area contributed by atoms with Crippen molar-refractivity contribution < 1.29 is 13.2 Å². The van der Waals surface area contributed by atoms with E-state index in [0.29, 0.717) is 6.54 Å². The molecule has 13 heteroatoms. The Morgan fingerprint density at radius 3 is 2.22 bits per heavy atom. The van der Waals surface area contributed by atoms with Gasteiger partial charge in [-0.3, -0.25) is 5.32 Å². The van der Waals surface area contributed by atoms with Crippen LogP contribution in [0.4, 0.5) is 16.7 Å². The Morgan fingerprint density at radius 1 is 1.07 bits per heavy atom. The van der Waals surface area contributed by atoms with Gasteiger partial charge in [0.2, 0.25) is 15.7 Å². The molecule has 2 rings (SSSR count). The maximum atomic E-state index is 12.2. The number of halogens is 3. The van der Waals surface area contributed by atoms with E-state index >= 15 is 0 Å². The Kier molecular flexibility index (Phi) is 6.68. The third-order valence-electron chi connectivity index (χ3n) is 3.01. The first-order valence-corrected chi connectivity index (χ1v) is 10.1. The van der Waals surface area contributed by atoms with E-state index in [1.807, 2.05) is 11.6 Å². The van der Waals surface area contributed by atoms with Crippen LogP contribution in [0.1, 0.15) is 18.3 Å². The van der Waals surface area contributed by atoms with Gasteiger partial charge >= 0.3 is 6.03 Å². The summed E-state index contributed by atoms with van der Waals surface area (Å²) in [6.45, 7) is 4.05. The second kappa shape index (κ2) is 8.42. The number of urea groups is 1. The Hall–Kier alpha value is -1.88. The first-order valence-electron chi connectivity index (χ1n) is 7.49. The first-order chi connectivity index (χ1) is 12.5. The standard InChI is InChI=1S/C14H15Cl3N6O3S/c1-3-18-11-19-10(14(15,16)17)20-12(21-11)22-13(24)23-27(25,26)9-6-4-8(2)5-7-9/h4-7H,3H2,1-2H3,(H3,18,19,20,21,22,23,24). The minimum Gasteiger partial charge on any atom is -0.354 e. The van der Waals surface area contributed by atoms with E-state index in [-0.39, 0.29) is 22.6 Å². The highest BCUT2D eigenvalue weighted by molar-refractivity contribution is 7.90. The third kappa shape index (κ3) is 6.06. The lowest BCUT2D eigenvalue weighted by Gasteiger charge is -2.13. The Labute approximate surface area is 170 Å². The van der Waals surface area contributed by atoms with E-state index in [9.17, 15) is 13.2 Å². The number of carbonyl (C=O) groups is 1. The van der Waals surface area contributed by atoms with Gasteiger partial charge in [0.15, 0.2) is 5.82 Å². The van der Waals surface area contributed by atoms with Crippen LogP contribution in [0.2, 0.25) is 0 Å². The largest absolute Gasteiger partial charge is 0.354 e. The fourth-order valence-electron chi connectivity index (χ4n) is 1.82. The number of rotatable bonds is 5. The van der Waals surface area contributed by atoms with Crippen LogP contribution >= 0.6 is 34.8 Å². The molecule has 1 aromatic carbocycles. The van der Waals surface area contributed by atoms with Crippen LogP contribution < -0.4 is 15.4 Å². The normalized spacial score (nSPS) is 11.7. The molecule has 27 heavy (non-hydrogen) atoms. The fourth-order valence-corrected chi connectivity index (χ4v) is 2.98. The van der Waals surface area contributed by atoms with Crippen molar-refractivity contribution >= 4 is 62.8 Å². The van der Waals surface area contributed by atoms with Crippen molar-refractivity contribution in [1.29, 1.82) is 0 Å². The Morgan fingerprint density at radius 2 is 1.67 bits per heavy atom. The van der Waals surface area contributed by atoms with Gasteiger partial charge in [-0.25, -0.2) is 17.9 Å². The minimum absolute atomic E-state index is 0.0468. The van der Waals surface area contributed by atoms with E-state index in [4.69, 9.17) is 34.8 Å². The summed E-state index contributed by atoms with van der Waals surface area (Å²) in [5.74, 6) is -0.487. The molecule has 0 fully saturated rings. The molecule has 2 amide bonds. The molecule has 0 aliphatic carbocycles. The topological polar surface area (TPSA) is 126 Å². The number of sulfonamides is 1. The van der Waals surface area contributed by atoms with Crippen molar-refractivity contribution in [1.82, 2.24) is 19.7 Å². The summed E-state index contributed by atoms with van der Waals surface area (Å²) in [4.78, 5) is 23.6. The average molecular weight is 454 g/mol. The predicted molar refractivity (Wildman–Crippen MR) is 104 cm³/mol. The van der Waals surface area contributed by atoms with Crippen LogP contribution in [0.5, 0.6) is 0 Å². The summed E-state index contributed by atoms with van der Waals surface area (Å²) >= 11 is 17.3. The van der Waals surface area contributed by atoms with E-state index in [2.05, 4.69) is 25.6 Å². The lowest BCUT2D eigenvalue weighted by atomic mass is 10.2. The lowest BCUT2D eigenvalue weighted by molar-refractivity contribution is 0.256. The van der Waals surface area contributed by atoms with Gasteiger partial charge in [-0.1, -0.05) is 52.5 Å². The zero-order chi connectivity index (χ0) is 20.2. The first kappa shape index (κ1) is 21.4. The smallest absolute Gasteiger partial charge is 0.335 e. The highest BCUT2D eigenvalue weighted by Gasteiger charge is 2.29. The molecule has 0 unspecified atom stereocenters. The van der Waals surface area contributed by atoms with Crippen LogP contribution in [0.15, 0.2) is 29.2 Å². The van der Waals surface area contributed by atoms with Gasteiger partial charge in [0, 0.05) is 6.54 Å². The van der Waals surface area contributed by atoms with Gasteiger partial charge in [-0.15, -0.1) is 0 Å². The maximum Gasteiger partial charge on any atom is 0.335 e. The molecule has 0 bridgehead atoms. The van der Waals surface area contributed by atoms with Crippen LogP contribution in [0, 0.1) is 6.92 Å². The van der Waals surface area contributed by atoms with Crippen molar-refractivity contribution in [2.75, 3.05) is 17.2 Å². The number of hydrogen-bond acceptors (Lipinski definition) is 7. The highest BCUT2D eigenvalue weighted by atomic mass is 35.6. The molecule has 9 nitrogen and oxygen atoms in total. The molecule has 3 N–H and O–H groups in total. The van der Waals surface area contributed by atoms with Crippen LogP contribution in [-0.2, 0) is 13.8 Å². The zero-order valence-electron chi connectivity index (χ0n) is 14.1. The number of hydrogen-bond donors (Lipinski definition) is 3. The van der Waals surface area contributed by atoms with Gasteiger partial charge in [0.05, 0.1) is 4.90 Å². The lowest BCUT2D eigenvalue weighted by Crippen LogP contribution is -2.35. The summed E-state index contributed by atoms with van der Waals surface area (Å²) in [5.41, 5.74) is 0.874.